The molecule has 2 aliphatic heterocycles. The van der Waals surface area contributed by atoms with Gasteiger partial charge in [0, 0.05) is 16.5 Å². The summed E-state index contributed by atoms with van der Waals surface area (Å²) in [6.45, 7) is 1.70. The molecule has 2 aliphatic rings. The fourth-order valence-corrected chi connectivity index (χ4v) is 7.87. The number of anilines is 2. The number of amides is 3. The second-order valence-corrected chi connectivity index (χ2v) is 11.6. The Kier molecular flexibility index (Phi) is 6.44. The van der Waals surface area contributed by atoms with Gasteiger partial charge < -0.3 is 5.32 Å². The molecule has 2 unspecified atom stereocenters. The number of thiazole rings is 1. The van der Waals surface area contributed by atoms with E-state index in [-0.39, 0.29) is 29.1 Å². The van der Waals surface area contributed by atoms with Crippen LogP contribution < -0.4 is 15.1 Å². The number of hydrogen-bond acceptors (Lipinski definition) is 6. The molecule has 3 aromatic carbocycles. The largest absolute Gasteiger partial charge is 0.325 e. The van der Waals surface area contributed by atoms with Crippen molar-refractivity contribution in [2.45, 2.75) is 29.7 Å². The maximum atomic E-state index is 13.8. The number of aryl methyl sites for hydroxylation is 1. The number of nitrogens with one attached hydrogen (secondary N) is 1. The molecule has 10 heteroatoms. The van der Waals surface area contributed by atoms with Gasteiger partial charge in [-0.05, 0) is 48.9 Å². The van der Waals surface area contributed by atoms with Crippen LogP contribution in [0.1, 0.15) is 21.9 Å². The fraction of sp³-hybridized carbons (Fsp3) is 0.172. The van der Waals surface area contributed by atoms with Gasteiger partial charge in [-0.25, -0.2) is 9.29 Å². The summed E-state index contributed by atoms with van der Waals surface area (Å²) in [6.07, 6.45) is 0. The van der Waals surface area contributed by atoms with E-state index in [0.717, 1.165) is 28.7 Å². The molecule has 4 aromatic rings. The van der Waals surface area contributed by atoms with Crippen LogP contribution in [0.15, 0.2) is 88.7 Å². The Morgan fingerprint density at radius 3 is 2.31 bits per heavy atom. The summed E-state index contributed by atoms with van der Waals surface area (Å²) >= 11 is 2.10. The van der Waals surface area contributed by atoms with E-state index in [1.807, 2.05) is 19.1 Å². The van der Waals surface area contributed by atoms with Gasteiger partial charge in [-0.15, -0.1) is 0 Å². The van der Waals surface area contributed by atoms with E-state index in [0.29, 0.717) is 26.8 Å². The third-order valence-electron chi connectivity index (χ3n) is 6.93. The Bertz CT molecular complexity index is 1650. The lowest BCUT2D eigenvalue weighted by Crippen LogP contribution is -2.33. The number of nitrogens with zero attached hydrogens (tertiary/aromatic N) is 2. The fourth-order valence-electron chi connectivity index (χ4n) is 5.10. The first-order valence-electron chi connectivity index (χ1n) is 12.3. The Morgan fingerprint density at radius 1 is 0.923 bits per heavy atom. The molecule has 3 atom stereocenters. The Balaban J connectivity index is 1.40. The van der Waals surface area contributed by atoms with Gasteiger partial charge in [-0.1, -0.05) is 71.1 Å². The number of para-hydroxylation sites is 1. The van der Waals surface area contributed by atoms with Gasteiger partial charge in [0.2, 0.25) is 17.7 Å². The van der Waals surface area contributed by atoms with Gasteiger partial charge in [0.05, 0.1) is 16.6 Å². The lowest BCUT2D eigenvalue weighted by molar-refractivity contribution is -0.122. The Labute approximate surface area is 231 Å². The average Bonchev–Trinajstić information content (AvgIpc) is 3.37. The monoisotopic (exact) mass is 559 g/mol. The SMILES string of the molecule is Cc1ccc(NC(=O)Cn2c3c(sc2=O)[C@H](c2ccc(F)cc2)C2C(=O)N(c4ccccc4)C(=O)C2S3)cc1. The number of benzene rings is 3. The summed E-state index contributed by atoms with van der Waals surface area (Å²) in [7, 11) is 0. The molecule has 1 N–H and O–H groups in total. The van der Waals surface area contributed by atoms with Crippen molar-refractivity contribution < 1.29 is 18.8 Å². The molecule has 1 saturated heterocycles. The van der Waals surface area contributed by atoms with Crippen LogP contribution in [0.25, 0.3) is 0 Å². The molecule has 1 aromatic heterocycles. The van der Waals surface area contributed by atoms with Crippen LogP contribution in [-0.2, 0) is 20.9 Å². The summed E-state index contributed by atoms with van der Waals surface area (Å²) in [4.78, 5) is 55.0. The highest BCUT2D eigenvalue weighted by molar-refractivity contribution is 8.00. The highest BCUT2D eigenvalue weighted by Gasteiger charge is 2.56. The van der Waals surface area contributed by atoms with Crippen molar-refractivity contribution >= 4 is 52.2 Å². The van der Waals surface area contributed by atoms with E-state index in [1.165, 1.54) is 21.6 Å². The highest BCUT2D eigenvalue weighted by atomic mass is 32.2. The van der Waals surface area contributed by atoms with Crippen molar-refractivity contribution in [3.8, 4) is 0 Å². The van der Waals surface area contributed by atoms with Crippen molar-refractivity contribution in [2.24, 2.45) is 5.92 Å². The van der Waals surface area contributed by atoms with Gasteiger partial charge in [-0.3, -0.25) is 23.7 Å². The van der Waals surface area contributed by atoms with Crippen LogP contribution in [0.4, 0.5) is 15.8 Å². The molecule has 6 rings (SSSR count). The summed E-state index contributed by atoms with van der Waals surface area (Å²) < 4.78 is 15.2. The minimum absolute atomic E-state index is 0.246. The van der Waals surface area contributed by atoms with Crippen molar-refractivity contribution in [3.05, 3.63) is 110 Å². The zero-order chi connectivity index (χ0) is 27.3. The maximum Gasteiger partial charge on any atom is 0.308 e. The number of aromatic nitrogens is 1. The number of rotatable bonds is 5. The molecule has 0 radical (unpaired) electrons. The van der Waals surface area contributed by atoms with E-state index in [2.05, 4.69) is 5.32 Å². The minimum Gasteiger partial charge on any atom is -0.325 e. The van der Waals surface area contributed by atoms with E-state index in [4.69, 9.17) is 0 Å². The molecule has 0 bridgehead atoms. The minimum atomic E-state index is -0.805. The Morgan fingerprint density at radius 2 is 1.62 bits per heavy atom. The molecular formula is C29H22FN3O4S2. The predicted octanol–water partition coefficient (Wildman–Crippen LogP) is 4.79. The third kappa shape index (κ3) is 4.49. The smallest absolute Gasteiger partial charge is 0.308 e. The zero-order valence-corrected chi connectivity index (χ0v) is 22.3. The first kappa shape index (κ1) is 25.3. The van der Waals surface area contributed by atoms with Crippen LogP contribution >= 0.6 is 23.1 Å². The first-order chi connectivity index (χ1) is 18.8. The number of hydrogen-bond donors (Lipinski definition) is 1. The normalized spacial score (nSPS) is 20.1. The lowest BCUT2D eigenvalue weighted by Gasteiger charge is -2.30. The van der Waals surface area contributed by atoms with Crippen LogP contribution in [0.5, 0.6) is 0 Å². The van der Waals surface area contributed by atoms with E-state index >= 15 is 0 Å². The van der Waals surface area contributed by atoms with Crippen LogP contribution in [-0.4, -0.2) is 27.5 Å². The number of carbonyl (C=O) groups excluding carboxylic acids is 3. The third-order valence-corrected chi connectivity index (χ3v) is 9.53. The highest BCUT2D eigenvalue weighted by Crippen LogP contribution is 2.53. The molecule has 1 fully saturated rings. The predicted molar refractivity (Wildman–Crippen MR) is 149 cm³/mol. The Hall–Kier alpha value is -4.02. The molecule has 7 nitrogen and oxygen atoms in total. The van der Waals surface area contributed by atoms with E-state index < -0.39 is 22.9 Å². The molecule has 0 spiro atoms. The molecule has 3 heterocycles. The molecule has 196 valence electrons. The van der Waals surface area contributed by atoms with E-state index in [9.17, 15) is 23.6 Å². The molecule has 39 heavy (non-hydrogen) atoms. The number of thioether (sulfide) groups is 1. The second-order valence-electron chi connectivity index (χ2n) is 9.48. The average molecular weight is 560 g/mol. The number of halogens is 1. The lowest BCUT2D eigenvalue weighted by atomic mass is 9.83. The number of fused-ring (bicyclic) bond motifs is 2. The number of carbonyl (C=O) groups is 3. The first-order valence-corrected chi connectivity index (χ1v) is 14.0. The molecule has 0 saturated carbocycles. The van der Waals surface area contributed by atoms with E-state index in [1.54, 1.807) is 54.6 Å². The zero-order valence-electron chi connectivity index (χ0n) is 20.7. The van der Waals surface area contributed by atoms with Gasteiger partial charge in [0.1, 0.15) is 17.6 Å². The van der Waals surface area contributed by atoms with Gasteiger partial charge in [0.25, 0.3) is 0 Å². The van der Waals surface area contributed by atoms with Crippen molar-refractivity contribution in [3.63, 3.8) is 0 Å². The van der Waals surface area contributed by atoms with Gasteiger partial charge in [-0.2, -0.15) is 0 Å². The van der Waals surface area contributed by atoms with Crippen molar-refractivity contribution in [1.29, 1.82) is 0 Å². The standard InChI is InChI=1S/C29H22FN3O4S2/c1-16-7-13-19(14-8-16)31-21(34)15-32-28-25(39-29(32)37)22(17-9-11-18(30)12-10-17)23-24(38-28)27(36)33(26(23)35)20-5-3-2-4-6-20/h2-14,22-24H,15H2,1H3,(H,31,34)/t22-,23?,24?/m1/s1. The summed E-state index contributed by atoms with van der Waals surface area (Å²) in [5.74, 6) is -2.99. The molecular weight excluding hydrogens is 537 g/mol. The number of imide groups is 1. The summed E-state index contributed by atoms with van der Waals surface area (Å²) in [6, 6.07) is 21.8. The van der Waals surface area contributed by atoms with Crippen molar-refractivity contribution in [1.82, 2.24) is 4.57 Å². The summed E-state index contributed by atoms with van der Waals surface area (Å²) in [5, 5.41) is 2.48. The van der Waals surface area contributed by atoms with Crippen LogP contribution in [0.3, 0.4) is 0 Å². The molecule has 0 aliphatic carbocycles. The second kappa shape index (κ2) is 9.94. The summed E-state index contributed by atoms with van der Waals surface area (Å²) in [5.41, 5.74) is 2.75. The quantitative estimate of drug-likeness (QED) is 0.355. The van der Waals surface area contributed by atoms with Crippen LogP contribution in [0, 0.1) is 18.7 Å². The van der Waals surface area contributed by atoms with Crippen LogP contribution in [0.2, 0.25) is 0 Å². The maximum absolute atomic E-state index is 13.8. The van der Waals surface area contributed by atoms with Crippen molar-refractivity contribution in [2.75, 3.05) is 10.2 Å². The topological polar surface area (TPSA) is 88.5 Å². The molecule has 3 amide bonds. The van der Waals surface area contributed by atoms with Gasteiger partial charge >= 0.3 is 4.87 Å². The van der Waals surface area contributed by atoms with Gasteiger partial charge in [0.15, 0.2) is 0 Å².